The third-order valence-corrected chi connectivity index (χ3v) is 4.14. The van der Waals surface area contributed by atoms with Crippen LogP contribution in [-0.4, -0.2) is 22.7 Å². The molecular formula is C20H27NO. The van der Waals surface area contributed by atoms with E-state index in [-0.39, 0.29) is 6.61 Å². The zero-order valence-electron chi connectivity index (χ0n) is 13.5. The number of benzene rings is 2. The van der Waals surface area contributed by atoms with E-state index in [9.17, 15) is 0 Å². The molecule has 0 saturated carbocycles. The summed E-state index contributed by atoms with van der Waals surface area (Å²) in [5, 5.41) is 9.15. The second-order valence-corrected chi connectivity index (χ2v) is 5.80. The fourth-order valence-corrected chi connectivity index (χ4v) is 2.92. The first-order chi connectivity index (χ1) is 10.8. The van der Waals surface area contributed by atoms with E-state index in [1.807, 2.05) is 0 Å². The Kier molecular flexibility index (Phi) is 7.14. The Balaban J connectivity index is 2.11. The number of hydrogen-bond donors (Lipinski definition) is 1. The largest absolute Gasteiger partial charge is 0.396 e. The number of aliphatic hydroxyl groups is 1. The number of aliphatic hydroxyl groups excluding tert-OH is 1. The summed E-state index contributed by atoms with van der Waals surface area (Å²) in [6.07, 6.45) is 3.03. The van der Waals surface area contributed by atoms with Gasteiger partial charge in [0.25, 0.3) is 0 Å². The van der Waals surface area contributed by atoms with Crippen molar-refractivity contribution in [2.75, 3.05) is 6.61 Å². The lowest BCUT2D eigenvalue weighted by Crippen LogP contribution is -2.34. The number of nitrogens with zero attached hydrogens (tertiary/aromatic N) is 1. The van der Waals surface area contributed by atoms with Gasteiger partial charge in [0.2, 0.25) is 0 Å². The zero-order chi connectivity index (χ0) is 15.6. The Labute approximate surface area is 134 Å². The van der Waals surface area contributed by atoms with Crippen molar-refractivity contribution in [3.05, 3.63) is 71.8 Å². The molecule has 1 N–H and O–H groups in total. The van der Waals surface area contributed by atoms with Crippen LogP contribution < -0.4 is 0 Å². The molecule has 22 heavy (non-hydrogen) atoms. The molecule has 0 aromatic heterocycles. The number of rotatable bonds is 9. The molecule has 1 atom stereocenters. The molecule has 0 unspecified atom stereocenters. The van der Waals surface area contributed by atoms with Crippen LogP contribution >= 0.6 is 0 Å². The topological polar surface area (TPSA) is 23.5 Å². The van der Waals surface area contributed by atoms with Crippen LogP contribution in [-0.2, 0) is 13.1 Å². The van der Waals surface area contributed by atoms with Crippen molar-refractivity contribution in [1.29, 1.82) is 0 Å². The normalized spacial score (nSPS) is 12.5. The summed E-state index contributed by atoms with van der Waals surface area (Å²) < 4.78 is 0. The van der Waals surface area contributed by atoms with Crippen molar-refractivity contribution in [3.63, 3.8) is 0 Å². The van der Waals surface area contributed by atoms with Crippen molar-refractivity contribution in [2.45, 2.75) is 45.3 Å². The molecule has 0 aliphatic heterocycles. The van der Waals surface area contributed by atoms with Gasteiger partial charge in [-0.1, -0.05) is 67.6 Å². The molecule has 118 valence electrons. The van der Waals surface area contributed by atoms with E-state index < -0.39 is 0 Å². The molecule has 2 rings (SSSR count). The lowest BCUT2D eigenvalue weighted by Gasteiger charge is -2.31. The summed E-state index contributed by atoms with van der Waals surface area (Å²) in [6, 6.07) is 21.8. The maximum Gasteiger partial charge on any atom is 0.0431 e. The smallest absolute Gasteiger partial charge is 0.0431 e. The van der Waals surface area contributed by atoms with Crippen LogP contribution in [0.1, 0.15) is 37.3 Å². The van der Waals surface area contributed by atoms with Gasteiger partial charge in [-0.3, -0.25) is 4.90 Å². The van der Waals surface area contributed by atoms with Gasteiger partial charge in [0.15, 0.2) is 0 Å². The Morgan fingerprint density at radius 3 is 1.77 bits per heavy atom. The van der Waals surface area contributed by atoms with Gasteiger partial charge < -0.3 is 5.11 Å². The molecule has 2 nitrogen and oxygen atoms in total. The molecule has 0 amide bonds. The average Bonchev–Trinajstić information content (AvgIpc) is 2.57. The van der Waals surface area contributed by atoms with Crippen LogP contribution in [0.4, 0.5) is 0 Å². The van der Waals surface area contributed by atoms with Crippen LogP contribution in [0.2, 0.25) is 0 Å². The van der Waals surface area contributed by atoms with Gasteiger partial charge in [-0.2, -0.15) is 0 Å². The summed E-state index contributed by atoms with van der Waals surface area (Å²) in [5.74, 6) is 0. The van der Waals surface area contributed by atoms with Crippen molar-refractivity contribution in [2.24, 2.45) is 0 Å². The van der Waals surface area contributed by atoms with Gasteiger partial charge in [0, 0.05) is 25.7 Å². The minimum atomic E-state index is 0.279. The average molecular weight is 297 g/mol. The molecule has 0 aliphatic rings. The predicted molar refractivity (Wildman–Crippen MR) is 92.5 cm³/mol. The van der Waals surface area contributed by atoms with Crippen molar-refractivity contribution in [3.8, 4) is 0 Å². The van der Waals surface area contributed by atoms with Gasteiger partial charge in [0.05, 0.1) is 0 Å². The summed E-state index contributed by atoms with van der Waals surface area (Å²) in [7, 11) is 0. The maximum atomic E-state index is 9.15. The summed E-state index contributed by atoms with van der Waals surface area (Å²) in [5.41, 5.74) is 2.70. The highest BCUT2D eigenvalue weighted by molar-refractivity contribution is 5.17. The summed E-state index contributed by atoms with van der Waals surface area (Å²) in [4.78, 5) is 2.54. The van der Waals surface area contributed by atoms with E-state index in [0.717, 1.165) is 32.4 Å². The molecule has 2 aromatic carbocycles. The minimum absolute atomic E-state index is 0.279. The standard InChI is InChI=1S/C20H27NO/c1-2-20(14-9-15-22)21(16-18-10-5-3-6-11-18)17-19-12-7-4-8-13-19/h3-8,10-13,20,22H,2,9,14-17H2,1H3/t20-/m1/s1. The monoisotopic (exact) mass is 297 g/mol. The molecule has 0 radical (unpaired) electrons. The Morgan fingerprint density at radius 2 is 1.36 bits per heavy atom. The Bertz CT molecular complexity index is 470. The molecule has 0 bridgehead atoms. The van der Waals surface area contributed by atoms with Crippen molar-refractivity contribution >= 4 is 0 Å². The lowest BCUT2D eigenvalue weighted by molar-refractivity contribution is 0.152. The van der Waals surface area contributed by atoms with E-state index in [4.69, 9.17) is 5.11 Å². The molecule has 0 spiro atoms. The first kappa shape index (κ1) is 16.7. The van der Waals surface area contributed by atoms with Crippen LogP contribution in [0, 0.1) is 0 Å². The lowest BCUT2D eigenvalue weighted by atomic mass is 10.0. The van der Waals surface area contributed by atoms with E-state index in [2.05, 4.69) is 72.5 Å². The fraction of sp³-hybridized carbons (Fsp3) is 0.400. The first-order valence-electron chi connectivity index (χ1n) is 8.26. The van der Waals surface area contributed by atoms with Gasteiger partial charge >= 0.3 is 0 Å². The van der Waals surface area contributed by atoms with Crippen LogP contribution in [0.25, 0.3) is 0 Å². The van der Waals surface area contributed by atoms with Gasteiger partial charge in [0.1, 0.15) is 0 Å². The fourth-order valence-electron chi connectivity index (χ4n) is 2.92. The third-order valence-electron chi connectivity index (χ3n) is 4.14. The molecule has 0 fully saturated rings. The SMILES string of the molecule is CC[C@H](CCCO)N(Cc1ccccc1)Cc1ccccc1. The summed E-state index contributed by atoms with van der Waals surface area (Å²) >= 11 is 0. The van der Waals surface area contributed by atoms with Crippen LogP contribution in [0.15, 0.2) is 60.7 Å². The van der Waals surface area contributed by atoms with Gasteiger partial charge in [-0.05, 0) is 30.4 Å². The molecule has 2 aromatic rings. The molecule has 2 heteroatoms. The zero-order valence-corrected chi connectivity index (χ0v) is 13.5. The first-order valence-corrected chi connectivity index (χ1v) is 8.26. The van der Waals surface area contributed by atoms with E-state index in [0.29, 0.717) is 6.04 Å². The minimum Gasteiger partial charge on any atom is -0.396 e. The molecule has 0 aliphatic carbocycles. The second kappa shape index (κ2) is 9.39. The van der Waals surface area contributed by atoms with E-state index in [1.165, 1.54) is 11.1 Å². The Hall–Kier alpha value is -1.64. The quantitative estimate of drug-likeness (QED) is 0.748. The number of hydrogen-bond acceptors (Lipinski definition) is 2. The predicted octanol–water partition coefficient (Wildman–Crippen LogP) is 4.24. The van der Waals surface area contributed by atoms with Gasteiger partial charge in [-0.15, -0.1) is 0 Å². The highest BCUT2D eigenvalue weighted by Crippen LogP contribution is 2.18. The van der Waals surface area contributed by atoms with Gasteiger partial charge in [-0.25, -0.2) is 0 Å². The third kappa shape index (κ3) is 5.28. The highest BCUT2D eigenvalue weighted by atomic mass is 16.2. The van der Waals surface area contributed by atoms with E-state index in [1.54, 1.807) is 0 Å². The second-order valence-electron chi connectivity index (χ2n) is 5.80. The van der Waals surface area contributed by atoms with E-state index >= 15 is 0 Å². The molecule has 0 heterocycles. The highest BCUT2D eigenvalue weighted by Gasteiger charge is 2.17. The summed E-state index contributed by atoms with van der Waals surface area (Å²) in [6.45, 7) is 4.44. The van der Waals surface area contributed by atoms with Crippen molar-refractivity contribution in [1.82, 2.24) is 4.90 Å². The van der Waals surface area contributed by atoms with Crippen LogP contribution in [0.3, 0.4) is 0 Å². The molecular weight excluding hydrogens is 270 g/mol. The molecule has 0 saturated heterocycles. The van der Waals surface area contributed by atoms with Crippen LogP contribution in [0.5, 0.6) is 0 Å². The Morgan fingerprint density at radius 1 is 0.864 bits per heavy atom. The maximum absolute atomic E-state index is 9.15. The van der Waals surface area contributed by atoms with Crippen molar-refractivity contribution < 1.29 is 5.11 Å².